The lowest BCUT2D eigenvalue weighted by Gasteiger charge is -2.16. The second kappa shape index (κ2) is 9.20. The first kappa shape index (κ1) is 21.5. The minimum atomic E-state index is -0.216. The molecule has 158 valence electrons. The van der Waals surface area contributed by atoms with Crippen molar-refractivity contribution in [2.75, 3.05) is 18.9 Å². The summed E-state index contributed by atoms with van der Waals surface area (Å²) in [7, 11) is 1.78. The molecule has 2 N–H and O–H groups in total. The molecule has 4 rings (SSSR count). The van der Waals surface area contributed by atoms with Gasteiger partial charge in [0.2, 0.25) is 5.91 Å². The Morgan fingerprint density at radius 2 is 1.94 bits per heavy atom. The number of H-pyrrole nitrogens is 1. The van der Waals surface area contributed by atoms with Crippen molar-refractivity contribution in [3.05, 3.63) is 80.1 Å². The fourth-order valence-electron chi connectivity index (χ4n) is 3.23. The van der Waals surface area contributed by atoms with Crippen LogP contribution in [-0.4, -0.2) is 34.4 Å². The third-order valence-electron chi connectivity index (χ3n) is 4.61. The van der Waals surface area contributed by atoms with Crippen molar-refractivity contribution in [3.8, 4) is 11.1 Å². The Kier molecular flexibility index (Phi) is 6.38. The Hall–Kier alpha value is -2.71. The zero-order chi connectivity index (χ0) is 22.0. The van der Waals surface area contributed by atoms with Crippen molar-refractivity contribution in [2.24, 2.45) is 0 Å². The van der Waals surface area contributed by atoms with Gasteiger partial charge in [-0.1, -0.05) is 53.5 Å². The van der Waals surface area contributed by atoms with E-state index < -0.39 is 0 Å². The van der Waals surface area contributed by atoms with Gasteiger partial charge >= 0.3 is 0 Å². The Morgan fingerprint density at radius 3 is 2.68 bits per heavy atom. The standard InChI is InChI=1S/C22H18Cl2N4O2S/c1-28(11-19(29)25-14-7-8-16(23)17(24)9-14)10-18-26-21(30)20-15(12-31-22(20)27-18)13-5-3-2-4-6-13/h2-9,12H,10-11H2,1H3,(H,25,29)(H,26,27,30). The van der Waals surface area contributed by atoms with Crippen LogP contribution in [0.5, 0.6) is 0 Å². The zero-order valence-electron chi connectivity index (χ0n) is 16.5. The highest BCUT2D eigenvalue weighted by atomic mass is 35.5. The third kappa shape index (κ3) is 4.97. The van der Waals surface area contributed by atoms with Gasteiger partial charge in [-0.3, -0.25) is 14.5 Å². The number of nitrogens with zero attached hydrogens (tertiary/aromatic N) is 2. The Bertz CT molecular complexity index is 1300. The first-order valence-electron chi connectivity index (χ1n) is 9.40. The summed E-state index contributed by atoms with van der Waals surface area (Å²) in [6.07, 6.45) is 0. The molecule has 0 atom stereocenters. The number of hydrogen-bond donors (Lipinski definition) is 2. The molecule has 31 heavy (non-hydrogen) atoms. The second-order valence-corrected chi connectivity index (χ2v) is 8.73. The molecule has 0 bridgehead atoms. The third-order valence-corrected chi connectivity index (χ3v) is 6.23. The highest BCUT2D eigenvalue weighted by Crippen LogP contribution is 2.30. The van der Waals surface area contributed by atoms with Gasteiger partial charge in [-0.2, -0.15) is 0 Å². The summed E-state index contributed by atoms with van der Waals surface area (Å²) in [6.45, 7) is 0.431. The smallest absolute Gasteiger partial charge is 0.260 e. The Morgan fingerprint density at radius 1 is 1.16 bits per heavy atom. The van der Waals surface area contributed by atoms with Crippen LogP contribution in [0.15, 0.2) is 58.7 Å². The van der Waals surface area contributed by atoms with E-state index in [2.05, 4.69) is 15.3 Å². The number of fused-ring (bicyclic) bond motifs is 1. The lowest BCUT2D eigenvalue weighted by molar-refractivity contribution is -0.117. The summed E-state index contributed by atoms with van der Waals surface area (Å²) in [6, 6.07) is 14.6. The van der Waals surface area contributed by atoms with E-state index in [4.69, 9.17) is 23.2 Å². The van der Waals surface area contributed by atoms with Gasteiger partial charge in [-0.05, 0) is 30.8 Å². The summed E-state index contributed by atoms with van der Waals surface area (Å²) in [5.41, 5.74) is 2.22. The normalized spacial score (nSPS) is 11.2. The molecule has 2 aromatic heterocycles. The minimum Gasteiger partial charge on any atom is -0.325 e. The van der Waals surface area contributed by atoms with E-state index in [0.717, 1.165) is 11.1 Å². The van der Waals surface area contributed by atoms with Crippen LogP contribution in [0.2, 0.25) is 10.0 Å². The first-order valence-corrected chi connectivity index (χ1v) is 11.0. The number of halogens is 2. The van der Waals surface area contributed by atoms with E-state index in [9.17, 15) is 9.59 Å². The van der Waals surface area contributed by atoms with Crippen molar-refractivity contribution in [3.63, 3.8) is 0 Å². The molecule has 1 amide bonds. The molecule has 0 radical (unpaired) electrons. The molecule has 2 aromatic carbocycles. The van der Waals surface area contributed by atoms with Gasteiger partial charge in [0, 0.05) is 16.6 Å². The van der Waals surface area contributed by atoms with Crippen molar-refractivity contribution in [2.45, 2.75) is 6.54 Å². The van der Waals surface area contributed by atoms with Crippen molar-refractivity contribution in [1.29, 1.82) is 0 Å². The number of nitrogens with one attached hydrogen (secondary N) is 2. The molecule has 4 aromatic rings. The van der Waals surface area contributed by atoms with E-state index in [0.29, 0.717) is 38.3 Å². The predicted molar refractivity (Wildman–Crippen MR) is 127 cm³/mol. The molecule has 0 aliphatic carbocycles. The topological polar surface area (TPSA) is 78.1 Å². The summed E-state index contributed by atoms with van der Waals surface area (Å²) < 4.78 is 0. The van der Waals surface area contributed by atoms with Crippen LogP contribution < -0.4 is 10.9 Å². The van der Waals surface area contributed by atoms with E-state index in [1.54, 1.807) is 30.1 Å². The number of rotatable bonds is 6. The number of benzene rings is 2. The molecule has 0 saturated carbocycles. The van der Waals surface area contributed by atoms with Gasteiger partial charge in [0.1, 0.15) is 10.7 Å². The molecule has 9 heteroatoms. The predicted octanol–water partition coefficient (Wildman–Crippen LogP) is 5.03. The van der Waals surface area contributed by atoms with E-state index in [1.165, 1.54) is 11.3 Å². The van der Waals surface area contributed by atoms with Crippen LogP contribution in [0.1, 0.15) is 5.82 Å². The van der Waals surface area contributed by atoms with Gasteiger partial charge in [0.25, 0.3) is 5.56 Å². The van der Waals surface area contributed by atoms with Crippen molar-refractivity contribution in [1.82, 2.24) is 14.9 Å². The van der Waals surface area contributed by atoms with Gasteiger partial charge in [-0.15, -0.1) is 11.3 Å². The van der Waals surface area contributed by atoms with Crippen LogP contribution in [0.4, 0.5) is 5.69 Å². The molecule has 0 spiro atoms. The Balaban J connectivity index is 1.46. The van der Waals surface area contributed by atoms with Crippen LogP contribution in [0, 0.1) is 0 Å². The largest absolute Gasteiger partial charge is 0.325 e. The maximum atomic E-state index is 12.7. The summed E-state index contributed by atoms with van der Waals surface area (Å²) in [5.74, 6) is 0.288. The summed E-state index contributed by atoms with van der Waals surface area (Å²) in [4.78, 5) is 35.0. The monoisotopic (exact) mass is 472 g/mol. The molecule has 0 fully saturated rings. The number of carbonyl (C=O) groups excluding carboxylic acids is 1. The maximum Gasteiger partial charge on any atom is 0.260 e. The molecule has 0 aliphatic heterocycles. The van der Waals surface area contributed by atoms with Gasteiger partial charge in [0.05, 0.1) is 28.5 Å². The summed E-state index contributed by atoms with van der Waals surface area (Å²) in [5, 5.41) is 6.09. The fraction of sp³-hybridized carbons (Fsp3) is 0.136. The number of aromatic nitrogens is 2. The number of aromatic amines is 1. The highest BCUT2D eigenvalue weighted by molar-refractivity contribution is 7.17. The number of hydrogen-bond acceptors (Lipinski definition) is 5. The molecular weight excluding hydrogens is 455 g/mol. The fourth-order valence-corrected chi connectivity index (χ4v) is 4.49. The van der Waals surface area contributed by atoms with E-state index in [-0.39, 0.29) is 18.0 Å². The number of thiophene rings is 1. The number of likely N-dealkylation sites (N-methyl/N-ethyl adjacent to an activating group) is 1. The maximum absolute atomic E-state index is 12.7. The molecule has 2 heterocycles. The van der Waals surface area contributed by atoms with Crippen LogP contribution >= 0.6 is 34.5 Å². The lowest BCUT2D eigenvalue weighted by Crippen LogP contribution is -2.31. The average molecular weight is 473 g/mol. The summed E-state index contributed by atoms with van der Waals surface area (Å²) >= 11 is 13.3. The van der Waals surface area contributed by atoms with Gasteiger partial charge in [0.15, 0.2) is 0 Å². The molecule has 0 saturated heterocycles. The van der Waals surface area contributed by atoms with E-state index in [1.807, 2.05) is 35.7 Å². The SMILES string of the molecule is CN(CC(=O)Nc1ccc(Cl)c(Cl)c1)Cc1nc2scc(-c3ccccc3)c2c(=O)[nH]1. The molecule has 0 unspecified atom stereocenters. The first-order chi connectivity index (χ1) is 14.9. The van der Waals surface area contributed by atoms with Crippen molar-refractivity contribution >= 4 is 56.3 Å². The number of anilines is 1. The minimum absolute atomic E-state index is 0.113. The van der Waals surface area contributed by atoms with Crippen LogP contribution in [0.25, 0.3) is 21.3 Å². The molecular formula is C22H18Cl2N4O2S. The average Bonchev–Trinajstić information content (AvgIpc) is 3.16. The number of amides is 1. The van der Waals surface area contributed by atoms with E-state index >= 15 is 0 Å². The van der Waals surface area contributed by atoms with Crippen molar-refractivity contribution < 1.29 is 4.79 Å². The van der Waals surface area contributed by atoms with Crippen LogP contribution in [-0.2, 0) is 11.3 Å². The Labute approximate surface area is 192 Å². The highest BCUT2D eigenvalue weighted by Gasteiger charge is 2.15. The van der Waals surface area contributed by atoms with Crippen LogP contribution in [0.3, 0.4) is 0 Å². The quantitative estimate of drug-likeness (QED) is 0.412. The van der Waals surface area contributed by atoms with Gasteiger partial charge < -0.3 is 10.3 Å². The van der Waals surface area contributed by atoms with Gasteiger partial charge in [-0.25, -0.2) is 4.98 Å². The zero-order valence-corrected chi connectivity index (χ0v) is 18.8. The molecule has 6 nitrogen and oxygen atoms in total. The molecule has 0 aliphatic rings. The number of carbonyl (C=O) groups is 1. The second-order valence-electron chi connectivity index (χ2n) is 7.06. The lowest BCUT2D eigenvalue weighted by atomic mass is 10.1.